The molecular formula is C22H25N5O3S. The van der Waals surface area contributed by atoms with Gasteiger partial charge in [0.2, 0.25) is 0 Å². The molecule has 1 aliphatic rings. The van der Waals surface area contributed by atoms with Gasteiger partial charge in [-0.25, -0.2) is 14.5 Å². The van der Waals surface area contributed by atoms with Crippen LogP contribution in [-0.2, 0) is 19.5 Å². The van der Waals surface area contributed by atoms with E-state index in [1.54, 1.807) is 30.0 Å². The van der Waals surface area contributed by atoms with E-state index in [0.29, 0.717) is 36.5 Å². The van der Waals surface area contributed by atoms with Gasteiger partial charge in [-0.15, -0.1) is 11.8 Å². The molecule has 2 aromatic heterocycles. The van der Waals surface area contributed by atoms with Crippen molar-refractivity contribution in [3.05, 3.63) is 70.0 Å². The Morgan fingerprint density at radius 3 is 2.97 bits per heavy atom. The van der Waals surface area contributed by atoms with Crippen molar-refractivity contribution in [1.82, 2.24) is 24.6 Å². The number of thioether (sulfide) groups is 1. The van der Waals surface area contributed by atoms with Crippen molar-refractivity contribution in [2.45, 2.75) is 43.4 Å². The predicted molar refractivity (Wildman–Crippen MR) is 119 cm³/mol. The van der Waals surface area contributed by atoms with Gasteiger partial charge in [0, 0.05) is 25.2 Å². The summed E-state index contributed by atoms with van der Waals surface area (Å²) in [5.74, 6) is 1.39. The van der Waals surface area contributed by atoms with Gasteiger partial charge in [-0.3, -0.25) is 9.36 Å². The first-order valence-corrected chi connectivity index (χ1v) is 11.4. The normalized spacial score (nSPS) is 15.7. The Labute approximate surface area is 184 Å². The quantitative estimate of drug-likeness (QED) is 0.593. The van der Waals surface area contributed by atoms with Crippen molar-refractivity contribution in [3.63, 3.8) is 0 Å². The predicted octanol–water partition coefficient (Wildman–Crippen LogP) is 2.35. The molecule has 8 nitrogen and oxygen atoms in total. The zero-order valence-corrected chi connectivity index (χ0v) is 18.4. The number of aryl methyl sites for hydroxylation is 1. The van der Waals surface area contributed by atoms with Crippen molar-refractivity contribution in [2.24, 2.45) is 0 Å². The number of fused-ring (bicyclic) bond motifs is 1. The summed E-state index contributed by atoms with van der Waals surface area (Å²) in [4.78, 5) is 29.9. The SMILES string of the molecule is COc1cccc(Cn2nc3n(c2=O)CCC(NC(=O)c2cccnc2SC)CC3)c1. The molecule has 1 amide bonds. The lowest BCUT2D eigenvalue weighted by molar-refractivity contribution is 0.0929. The summed E-state index contributed by atoms with van der Waals surface area (Å²) in [5.41, 5.74) is 1.42. The van der Waals surface area contributed by atoms with E-state index in [9.17, 15) is 9.59 Å². The van der Waals surface area contributed by atoms with E-state index in [0.717, 1.165) is 23.6 Å². The van der Waals surface area contributed by atoms with Crippen molar-refractivity contribution < 1.29 is 9.53 Å². The fourth-order valence-electron chi connectivity index (χ4n) is 3.81. The summed E-state index contributed by atoms with van der Waals surface area (Å²) in [6.45, 7) is 0.925. The van der Waals surface area contributed by atoms with Crippen molar-refractivity contribution >= 4 is 17.7 Å². The standard InChI is InChI=1S/C22H25N5O3S/c1-30-17-6-3-5-15(13-17)14-27-22(29)26-12-10-16(8-9-19(26)25-27)24-20(28)18-7-4-11-23-21(18)31-2/h3-7,11,13,16H,8-10,12,14H2,1-2H3,(H,24,28). The van der Waals surface area contributed by atoms with Gasteiger partial charge < -0.3 is 10.1 Å². The maximum Gasteiger partial charge on any atom is 0.346 e. The molecule has 1 atom stereocenters. The molecule has 3 heterocycles. The Balaban J connectivity index is 1.44. The second kappa shape index (κ2) is 9.38. The van der Waals surface area contributed by atoms with Crippen LogP contribution in [0, 0.1) is 0 Å². The number of nitrogens with one attached hydrogen (secondary N) is 1. The molecular weight excluding hydrogens is 414 g/mol. The van der Waals surface area contributed by atoms with E-state index in [1.807, 2.05) is 30.5 Å². The summed E-state index contributed by atoms with van der Waals surface area (Å²) in [7, 11) is 1.62. The fourth-order valence-corrected chi connectivity index (χ4v) is 4.36. The number of benzene rings is 1. The Hall–Kier alpha value is -3.07. The van der Waals surface area contributed by atoms with Gasteiger partial charge in [0.1, 0.15) is 16.6 Å². The maximum atomic E-state index is 12.9. The first kappa shape index (κ1) is 21.2. The molecule has 0 aliphatic carbocycles. The molecule has 3 aromatic rings. The van der Waals surface area contributed by atoms with Crippen LogP contribution in [0.3, 0.4) is 0 Å². The number of amides is 1. The molecule has 0 saturated carbocycles. The van der Waals surface area contributed by atoms with Crippen LogP contribution in [0.1, 0.15) is 34.6 Å². The van der Waals surface area contributed by atoms with Gasteiger partial charge in [0.25, 0.3) is 5.91 Å². The number of methoxy groups -OCH3 is 1. The van der Waals surface area contributed by atoms with E-state index >= 15 is 0 Å². The molecule has 0 spiro atoms. The van der Waals surface area contributed by atoms with E-state index in [2.05, 4.69) is 15.4 Å². The molecule has 162 valence electrons. The van der Waals surface area contributed by atoms with Crippen LogP contribution in [0.4, 0.5) is 0 Å². The highest BCUT2D eigenvalue weighted by atomic mass is 32.2. The second-order valence-electron chi connectivity index (χ2n) is 7.42. The number of carbonyl (C=O) groups is 1. The monoisotopic (exact) mass is 439 g/mol. The van der Waals surface area contributed by atoms with Gasteiger partial charge in [-0.2, -0.15) is 5.10 Å². The van der Waals surface area contributed by atoms with Gasteiger partial charge in [0.05, 0.1) is 19.2 Å². The van der Waals surface area contributed by atoms with E-state index in [4.69, 9.17) is 4.74 Å². The van der Waals surface area contributed by atoms with E-state index < -0.39 is 0 Å². The lowest BCUT2D eigenvalue weighted by Crippen LogP contribution is -2.36. The van der Waals surface area contributed by atoms with Crippen LogP contribution in [-0.4, -0.2) is 44.6 Å². The number of aromatic nitrogens is 4. The number of hydrogen-bond donors (Lipinski definition) is 1. The first-order chi connectivity index (χ1) is 15.1. The molecule has 0 radical (unpaired) electrons. The maximum absolute atomic E-state index is 12.9. The summed E-state index contributed by atoms with van der Waals surface area (Å²) >= 11 is 1.45. The molecule has 1 N–H and O–H groups in total. The highest BCUT2D eigenvalue weighted by Gasteiger charge is 2.23. The highest BCUT2D eigenvalue weighted by Crippen LogP contribution is 2.19. The van der Waals surface area contributed by atoms with Crippen LogP contribution in [0.25, 0.3) is 0 Å². The lowest BCUT2D eigenvalue weighted by atomic mass is 10.1. The molecule has 1 aliphatic heterocycles. The van der Waals surface area contributed by atoms with Gasteiger partial charge in [-0.05, 0) is 48.9 Å². The average molecular weight is 440 g/mol. The van der Waals surface area contributed by atoms with E-state index in [-0.39, 0.29) is 17.6 Å². The summed E-state index contributed by atoms with van der Waals surface area (Å²) in [5, 5.41) is 8.38. The van der Waals surface area contributed by atoms with Crippen LogP contribution in [0.5, 0.6) is 5.75 Å². The van der Waals surface area contributed by atoms with Gasteiger partial charge in [-0.1, -0.05) is 12.1 Å². The number of carbonyl (C=O) groups excluding carboxylic acids is 1. The Morgan fingerprint density at radius 1 is 1.29 bits per heavy atom. The smallest absolute Gasteiger partial charge is 0.346 e. The zero-order valence-electron chi connectivity index (χ0n) is 17.6. The second-order valence-corrected chi connectivity index (χ2v) is 8.21. The topological polar surface area (TPSA) is 91.0 Å². The molecule has 0 fully saturated rings. The third kappa shape index (κ3) is 4.66. The number of ether oxygens (including phenoxy) is 1. The minimum atomic E-state index is -0.127. The third-order valence-corrected chi connectivity index (χ3v) is 6.14. The molecule has 0 saturated heterocycles. The summed E-state index contributed by atoms with van der Waals surface area (Å²) in [6.07, 6.45) is 5.63. The zero-order chi connectivity index (χ0) is 21.8. The third-order valence-electron chi connectivity index (χ3n) is 5.43. The number of nitrogens with zero attached hydrogens (tertiary/aromatic N) is 4. The van der Waals surface area contributed by atoms with Gasteiger partial charge in [0.15, 0.2) is 0 Å². The summed E-state index contributed by atoms with van der Waals surface area (Å²) < 4.78 is 8.49. The number of rotatable bonds is 6. The first-order valence-electron chi connectivity index (χ1n) is 10.2. The molecule has 0 bridgehead atoms. The Morgan fingerprint density at radius 2 is 2.16 bits per heavy atom. The summed E-state index contributed by atoms with van der Waals surface area (Å²) in [6, 6.07) is 11.2. The van der Waals surface area contributed by atoms with Crippen molar-refractivity contribution in [2.75, 3.05) is 13.4 Å². The largest absolute Gasteiger partial charge is 0.497 e. The fraction of sp³-hybridized carbons (Fsp3) is 0.364. The van der Waals surface area contributed by atoms with Crippen LogP contribution in [0.15, 0.2) is 52.4 Å². The van der Waals surface area contributed by atoms with Crippen molar-refractivity contribution in [3.8, 4) is 5.75 Å². The lowest BCUT2D eigenvalue weighted by Gasteiger charge is -2.16. The molecule has 1 unspecified atom stereocenters. The molecule has 9 heteroatoms. The number of hydrogen-bond acceptors (Lipinski definition) is 6. The Bertz CT molecular complexity index is 1140. The molecule has 31 heavy (non-hydrogen) atoms. The van der Waals surface area contributed by atoms with Crippen LogP contribution in [0.2, 0.25) is 0 Å². The number of pyridine rings is 1. The van der Waals surface area contributed by atoms with Crippen molar-refractivity contribution in [1.29, 1.82) is 0 Å². The van der Waals surface area contributed by atoms with Crippen LogP contribution < -0.4 is 15.7 Å². The minimum absolute atomic E-state index is 0.0182. The van der Waals surface area contributed by atoms with E-state index in [1.165, 1.54) is 16.4 Å². The molecule has 4 rings (SSSR count). The molecule has 1 aromatic carbocycles. The van der Waals surface area contributed by atoms with Gasteiger partial charge >= 0.3 is 5.69 Å². The minimum Gasteiger partial charge on any atom is -0.497 e. The Kier molecular flexibility index (Phi) is 6.41. The highest BCUT2D eigenvalue weighted by molar-refractivity contribution is 7.98. The van der Waals surface area contributed by atoms with Crippen LogP contribution >= 0.6 is 11.8 Å². The average Bonchev–Trinajstić information content (AvgIpc) is 2.95.